The van der Waals surface area contributed by atoms with Gasteiger partial charge in [0.05, 0.1) is 59.6 Å². The van der Waals surface area contributed by atoms with Crippen molar-refractivity contribution >= 4 is 46.0 Å². The van der Waals surface area contributed by atoms with Gasteiger partial charge in [0.25, 0.3) is 5.91 Å². The van der Waals surface area contributed by atoms with Gasteiger partial charge in [-0.2, -0.15) is 0 Å². The number of aryl methyl sites for hydroxylation is 1. The molecule has 264 valence electrons. The van der Waals surface area contributed by atoms with Gasteiger partial charge < -0.3 is 34.1 Å². The monoisotopic (exact) mass is 698 g/mol. The van der Waals surface area contributed by atoms with E-state index in [-0.39, 0.29) is 64.9 Å². The third kappa shape index (κ3) is 7.63. The molecule has 3 fully saturated rings. The molecule has 3 aliphatic rings. The number of aliphatic carboxylic acids is 1. The first-order valence-corrected chi connectivity index (χ1v) is 17.2. The van der Waals surface area contributed by atoms with Crippen molar-refractivity contribution in [2.75, 3.05) is 45.8 Å². The highest BCUT2D eigenvalue weighted by Gasteiger charge is 2.43. The molecule has 2 aromatic carbocycles. The molecule has 4 atom stereocenters. The molecular formula is C36H44ClFN4O7. The minimum Gasteiger partial charge on any atom is -0.481 e. The second-order valence-corrected chi connectivity index (χ2v) is 13.9. The number of carbonyl (C=O) groups excluding carboxylic acids is 2. The summed E-state index contributed by atoms with van der Waals surface area (Å²) < 4.78 is 35.0. The van der Waals surface area contributed by atoms with Gasteiger partial charge >= 0.3 is 5.97 Å². The van der Waals surface area contributed by atoms with Gasteiger partial charge in [0.15, 0.2) is 0 Å². The molecule has 0 unspecified atom stereocenters. The summed E-state index contributed by atoms with van der Waals surface area (Å²) in [6.45, 7) is 2.09. The number of anilines is 1. The summed E-state index contributed by atoms with van der Waals surface area (Å²) in [5.41, 5.74) is 1.58. The first-order valence-electron chi connectivity index (χ1n) is 16.8. The number of fused-ring (bicyclic) bond motifs is 1. The Morgan fingerprint density at radius 2 is 1.71 bits per heavy atom. The highest BCUT2D eigenvalue weighted by Crippen LogP contribution is 2.32. The van der Waals surface area contributed by atoms with E-state index in [1.54, 1.807) is 25.3 Å². The first-order chi connectivity index (χ1) is 23.6. The van der Waals surface area contributed by atoms with E-state index in [0.29, 0.717) is 63.9 Å². The normalized spacial score (nSPS) is 26.0. The van der Waals surface area contributed by atoms with Crippen molar-refractivity contribution in [3.05, 3.63) is 64.6 Å². The molecule has 0 spiro atoms. The lowest BCUT2D eigenvalue weighted by molar-refractivity contribution is -0.144. The average Bonchev–Trinajstić information content (AvgIpc) is 3.81. The summed E-state index contributed by atoms with van der Waals surface area (Å²) in [6, 6.07) is 9.86. The number of carboxylic acid groups (broad SMARTS) is 1. The Hall–Kier alpha value is -3.55. The molecule has 2 amide bonds. The minimum atomic E-state index is -0.768. The second-order valence-electron chi connectivity index (χ2n) is 13.5. The van der Waals surface area contributed by atoms with Crippen molar-refractivity contribution in [3.8, 4) is 0 Å². The van der Waals surface area contributed by atoms with Crippen LogP contribution in [0.1, 0.15) is 48.0 Å². The number of para-hydroxylation sites is 1. The van der Waals surface area contributed by atoms with E-state index in [0.717, 1.165) is 17.0 Å². The average molecular weight is 699 g/mol. The lowest BCUT2D eigenvalue weighted by Crippen LogP contribution is -2.41. The zero-order valence-electron chi connectivity index (χ0n) is 28.1. The number of rotatable bonds is 11. The number of benzene rings is 2. The van der Waals surface area contributed by atoms with Crippen LogP contribution in [0.3, 0.4) is 0 Å². The van der Waals surface area contributed by atoms with Gasteiger partial charge in [-0.1, -0.05) is 29.8 Å². The van der Waals surface area contributed by atoms with E-state index >= 15 is 4.39 Å². The van der Waals surface area contributed by atoms with Crippen LogP contribution in [0, 0.1) is 11.7 Å². The summed E-state index contributed by atoms with van der Waals surface area (Å²) in [5, 5.41) is 13.0. The third-order valence-corrected chi connectivity index (χ3v) is 10.8. The molecule has 1 saturated carbocycles. The quantitative estimate of drug-likeness (QED) is 0.295. The molecule has 0 radical (unpaired) electrons. The number of hydrogen-bond donors (Lipinski definition) is 2. The molecule has 11 nitrogen and oxygen atoms in total. The number of methoxy groups -OCH3 is 2. The maximum absolute atomic E-state index is 15.6. The van der Waals surface area contributed by atoms with Crippen LogP contribution in [0.4, 0.5) is 10.1 Å². The van der Waals surface area contributed by atoms with Crippen LogP contribution in [0.5, 0.6) is 0 Å². The van der Waals surface area contributed by atoms with Crippen LogP contribution < -0.4 is 5.32 Å². The fourth-order valence-corrected chi connectivity index (χ4v) is 7.90. The maximum atomic E-state index is 15.6. The Balaban J connectivity index is 1.14. The molecule has 0 bridgehead atoms. The summed E-state index contributed by atoms with van der Waals surface area (Å²) in [5.74, 6) is -2.42. The molecule has 2 saturated heterocycles. The Kier molecular flexibility index (Phi) is 10.9. The fraction of sp³-hybridized carbons (Fsp3) is 0.528. The van der Waals surface area contributed by atoms with Crippen LogP contribution in [0.25, 0.3) is 10.9 Å². The number of hydrogen-bond acceptors (Lipinski definition) is 7. The Labute approximate surface area is 290 Å². The van der Waals surface area contributed by atoms with Crippen molar-refractivity contribution in [1.29, 1.82) is 0 Å². The topological polar surface area (TPSA) is 123 Å². The summed E-state index contributed by atoms with van der Waals surface area (Å²) in [7, 11) is 5.18. The molecule has 3 heterocycles. The van der Waals surface area contributed by atoms with Crippen molar-refractivity contribution in [2.24, 2.45) is 13.0 Å². The predicted molar refractivity (Wildman–Crippen MR) is 182 cm³/mol. The molecule has 2 aliphatic heterocycles. The molecule has 6 rings (SSSR count). The van der Waals surface area contributed by atoms with Gasteiger partial charge in [-0.15, -0.1) is 0 Å². The van der Waals surface area contributed by atoms with Gasteiger partial charge in [0, 0.05) is 64.0 Å². The SMILES string of the molecule is CO[C@H]1CN([C@H]2C[C@@H](CO[C@H]3CC[C@H](C(=O)O)CC3)N(C(=O)Cc3cc(Cl)c(NC(=O)c4cn(C)c5ccccc45)cc3F)C2)C[C@H]1OC. The zero-order chi connectivity index (χ0) is 34.8. The Morgan fingerprint density at radius 3 is 2.39 bits per heavy atom. The number of likely N-dealkylation sites (tertiary alicyclic amines) is 2. The molecular weight excluding hydrogens is 655 g/mol. The number of amides is 2. The van der Waals surface area contributed by atoms with Crippen molar-refractivity contribution in [1.82, 2.24) is 14.4 Å². The lowest BCUT2D eigenvalue weighted by Gasteiger charge is -2.30. The molecule has 49 heavy (non-hydrogen) atoms. The van der Waals surface area contributed by atoms with Crippen LogP contribution in [0.15, 0.2) is 42.6 Å². The zero-order valence-corrected chi connectivity index (χ0v) is 28.8. The number of nitrogens with zero attached hydrogens (tertiary/aromatic N) is 3. The van der Waals surface area contributed by atoms with Crippen LogP contribution in [0.2, 0.25) is 5.02 Å². The summed E-state index contributed by atoms with van der Waals surface area (Å²) in [6.07, 6.45) is 4.41. The molecule has 13 heteroatoms. The molecule has 1 aliphatic carbocycles. The molecule has 3 aromatic rings. The van der Waals surface area contributed by atoms with Crippen LogP contribution in [-0.2, 0) is 37.3 Å². The lowest BCUT2D eigenvalue weighted by atomic mass is 9.87. The number of nitrogens with one attached hydrogen (secondary N) is 1. The van der Waals surface area contributed by atoms with Crippen molar-refractivity contribution in [3.63, 3.8) is 0 Å². The van der Waals surface area contributed by atoms with E-state index in [1.807, 2.05) is 35.9 Å². The van der Waals surface area contributed by atoms with Crippen LogP contribution in [-0.4, -0.2) is 108 Å². The van der Waals surface area contributed by atoms with Gasteiger partial charge in [0.1, 0.15) is 5.82 Å². The number of carboxylic acids is 1. The number of ether oxygens (including phenoxy) is 3. The van der Waals surface area contributed by atoms with Crippen LogP contribution >= 0.6 is 11.6 Å². The highest BCUT2D eigenvalue weighted by molar-refractivity contribution is 6.34. The third-order valence-electron chi connectivity index (χ3n) is 10.5. The standard InChI is InChI=1S/C36H44ClFN4O7/c1-40-17-27(26-6-4-5-7-31(26)40)35(44)39-30-15-29(38)22(12-28(30)37)13-34(43)42-16-23(41-18-32(47-2)33(19-41)48-3)14-24(42)20-49-25-10-8-21(9-11-25)36(45)46/h4-7,12,15,17,21,23-25,32-33H,8-11,13-14,16,18-20H2,1-3H3,(H,39,44)(H,45,46)/t21-,23-,24-,25-,32-,33+/m0/s1. The van der Waals surface area contributed by atoms with Gasteiger partial charge in [-0.25, -0.2) is 4.39 Å². The van der Waals surface area contributed by atoms with E-state index < -0.39 is 17.7 Å². The largest absolute Gasteiger partial charge is 0.481 e. The van der Waals surface area contributed by atoms with E-state index in [9.17, 15) is 19.5 Å². The van der Waals surface area contributed by atoms with Gasteiger partial charge in [-0.3, -0.25) is 19.3 Å². The number of carbonyl (C=O) groups is 3. The van der Waals surface area contributed by atoms with E-state index in [1.165, 1.54) is 6.07 Å². The fourth-order valence-electron chi connectivity index (χ4n) is 7.66. The van der Waals surface area contributed by atoms with Gasteiger partial charge in [0.2, 0.25) is 5.91 Å². The first kappa shape index (κ1) is 35.3. The maximum Gasteiger partial charge on any atom is 0.306 e. The second kappa shape index (κ2) is 15.1. The highest BCUT2D eigenvalue weighted by atomic mass is 35.5. The predicted octanol–water partition coefficient (Wildman–Crippen LogP) is 4.74. The Morgan fingerprint density at radius 1 is 1.02 bits per heavy atom. The Bertz CT molecular complexity index is 1680. The van der Waals surface area contributed by atoms with Gasteiger partial charge in [-0.05, 0) is 55.9 Å². The number of halogens is 2. The van der Waals surface area contributed by atoms with E-state index in [2.05, 4.69) is 10.2 Å². The number of aromatic nitrogens is 1. The molecule has 1 aromatic heterocycles. The summed E-state index contributed by atoms with van der Waals surface area (Å²) in [4.78, 5) is 42.5. The smallest absolute Gasteiger partial charge is 0.306 e. The van der Waals surface area contributed by atoms with Crippen molar-refractivity contribution in [2.45, 2.75) is 68.9 Å². The summed E-state index contributed by atoms with van der Waals surface area (Å²) >= 11 is 6.56. The minimum absolute atomic E-state index is 0.0400. The molecule has 2 N–H and O–H groups in total. The van der Waals surface area contributed by atoms with Crippen molar-refractivity contribution < 1.29 is 38.1 Å². The van der Waals surface area contributed by atoms with E-state index in [4.69, 9.17) is 25.8 Å².